The fraction of sp³-hybridized carbons (Fsp3) is 0.389. The number of hydrogen-bond acceptors (Lipinski definition) is 4. The zero-order valence-corrected chi connectivity index (χ0v) is 16.0. The quantitative estimate of drug-likeness (QED) is 0.816. The fourth-order valence-electron chi connectivity index (χ4n) is 3.06. The molecule has 7 nitrogen and oxygen atoms in total. The summed E-state index contributed by atoms with van der Waals surface area (Å²) < 4.78 is 7.29. The van der Waals surface area contributed by atoms with E-state index in [4.69, 9.17) is 4.42 Å². The normalized spacial score (nSPS) is 15.1. The first-order valence-electron chi connectivity index (χ1n) is 8.43. The number of hydrogen-bond donors (Lipinski definition) is 1. The zero-order valence-electron chi connectivity index (χ0n) is 14.4. The van der Waals surface area contributed by atoms with Crippen molar-refractivity contribution in [2.45, 2.75) is 32.4 Å². The monoisotopic (exact) mass is 421 g/mol. The van der Waals surface area contributed by atoms with Crippen LogP contribution in [0.4, 0.5) is 0 Å². The number of carbonyl (C=O) groups excluding carboxylic acids is 2. The van der Waals surface area contributed by atoms with E-state index in [-0.39, 0.29) is 30.0 Å². The van der Waals surface area contributed by atoms with E-state index in [1.807, 2.05) is 0 Å². The number of halogens is 1. The number of aryl methyl sites for hydroxylation is 1. The predicted molar refractivity (Wildman–Crippen MR) is 98.9 cm³/mol. The molecular formula is C18H20BrN3O4. The average Bonchev–Trinajstić information content (AvgIpc) is 3.04. The standard InChI is InChI=1S/C18H20BrN3O4/c1-12-15(6-9-26-12)18(25)21-7-4-14(5-8-21)20-16(23)11-22-10-13(19)2-3-17(22)24/h2-3,6,9-10,14H,4-5,7-8,11H2,1H3,(H,20,23). The molecule has 2 aromatic heterocycles. The van der Waals surface area contributed by atoms with Crippen LogP contribution in [0.15, 0.2) is 44.3 Å². The highest BCUT2D eigenvalue weighted by Gasteiger charge is 2.26. The first kappa shape index (κ1) is 18.4. The van der Waals surface area contributed by atoms with E-state index in [9.17, 15) is 14.4 Å². The van der Waals surface area contributed by atoms with Gasteiger partial charge in [0.25, 0.3) is 11.5 Å². The fourth-order valence-corrected chi connectivity index (χ4v) is 3.44. The molecule has 26 heavy (non-hydrogen) atoms. The molecule has 1 aliphatic heterocycles. The van der Waals surface area contributed by atoms with Crippen LogP contribution < -0.4 is 10.9 Å². The van der Waals surface area contributed by atoms with Crippen molar-refractivity contribution in [1.29, 1.82) is 0 Å². The van der Waals surface area contributed by atoms with Gasteiger partial charge in [-0.15, -0.1) is 0 Å². The Balaban J connectivity index is 1.51. The largest absolute Gasteiger partial charge is 0.469 e. The maximum Gasteiger partial charge on any atom is 0.257 e. The highest BCUT2D eigenvalue weighted by molar-refractivity contribution is 9.10. The molecule has 138 valence electrons. The van der Waals surface area contributed by atoms with Crippen LogP contribution in [0, 0.1) is 6.92 Å². The number of carbonyl (C=O) groups is 2. The van der Waals surface area contributed by atoms with Crippen molar-refractivity contribution in [1.82, 2.24) is 14.8 Å². The number of nitrogens with zero attached hydrogens (tertiary/aromatic N) is 2. The SMILES string of the molecule is Cc1occc1C(=O)N1CCC(NC(=O)Cn2cc(Br)ccc2=O)CC1. The van der Waals surface area contributed by atoms with Crippen LogP contribution in [0.1, 0.15) is 29.0 Å². The number of aromatic nitrogens is 1. The Kier molecular flexibility index (Phi) is 5.61. The Labute approximate surface area is 159 Å². The van der Waals surface area contributed by atoms with Gasteiger partial charge in [0.05, 0.1) is 11.8 Å². The van der Waals surface area contributed by atoms with Crippen LogP contribution >= 0.6 is 15.9 Å². The third kappa shape index (κ3) is 4.24. The van der Waals surface area contributed by atoms with Crippen LogP contribution in [-0.4, -0.2) is 40.4 Å². The Morgan fingerprint density at radius 2 is 2.00 bits per heavy atom. The van der Waals surface area contributed by atoms with Gasteiger partial charge in [-0.25, -0.2) is 0 Å². The lowest BCUT2D eigenvalue weighted by Gasteiger charge is -2.32. The molecule has 0 aliphatic carbocycles. The summed E-state index contributed by atoms with van der Waals surface area (Å²) in [5.41, 5.74) is 0.362. The second-order valence-electron chi connectivity index (χ2n) is 6.34. The van der Waals surface area contributed by atoms with Crippen molar-refractivity contribution in [3.63, 3.8) is 0 Å². The van der Waals surface area contributed by atoms with Crippen molar-refractivity contribution in [3.05, 3.63) is 56.8 Å². The number of nitrogens with one attached hydrogen (secondary N) is 1. The van der Waals surface area contributed by atoms with Crippen molar-refractivity contribution in [2.75, 3.05) is 13.1 Å². The van der Waals surface area contributed by atoms with Crippen molar-refractivity contribution in [2.24, 2.45) is 0 Å². The maximum atomic E-state index is 12.5. The lowest BCUT2D eigenvalue weighted by Crippen LogP contribution is -2.47. The van der Waals surface area contributed by atoms with Gasteiger partial charge in [-0.2, -0.15) is 0 Å². The van der Waals surface area contributed by atoms with Gasteiger partial charge in [0.1, 0.15) is 12.3 Å². The highest BCUT2D eigenvalue weighted by atomic mass is 79.9. The van der Waals surface area contributed by atoms with E-state index < -0.39 is 0 Å². The number of pyridine rings is 1. The molecule has 0 aromatic carbocycles. The van der Waals surface area contributed by atoms with E-state index in [0.717, 1.165) is 4.47 Å². The number of likely N-dealkylation sites (tertiary alicyclic amines) is 1. The van der Waals surface area contributed by atoms with Gasteiger partial charge >= 0.3 is 0 Å². The van der Waals surface area contributed by atoms with E-state index in [1.54, 1.807) is 30.2 Å². The smallest absolute Gasteiger partial charge is 0.257 e. The second kappa shape index (κ2) is 7.90. The first-order valence-corrected chi connectivity index (χ1v) is 9.22. The van der Waals surface area contributed by atoms with Crippen molar-refractivity contribution < 1.29 is 14.0 Å². The van der Waals surface area contributed by atoms with Crippen LogP contribution in [-0.2, 0) is 11.3 Å². The summed E-state index contributed by atoms with van der Waals surface area (Å²) in [5, 5.41) is 2.95. The molecule has 1 saturated heterocycles. The minimum absolute atomic E-state index is 0.000137. The Morgan fingerprint density at radius 3 is 2.65 bits per heavy atom. The molecule has 0 saturated carbocycles. The van der Waals surface area contributed by atoms with E-state index in [2.05, 4.69) is 21.2 Å². The lowest BCUT2D eigenvalue weighted by atomic mass is 10.0. The molecule has 2 aromatic rings. The Morgan fingerprint density at radius 1 is 1.27 bits per heavy atom. The van der Waals surface area contributed by atoms with Gasteiger partial charge in [0, 0.05) is 35.9 Å². The van der Waals surface area contributed by atoms with Gasteiger partial charge in [0.15, 0.2) is 0 Å². The number of furan rings is 1. The molecule has 1 fully saturated rings. The molecular weight excluding hydrogens is 402 g/mol. The van der Waals surface area contributed by atoms with Crippen LogP contribution in [0.3, 0.4) is 0 Å². The first-order chi connectivity index (χ1) is 12.4. The molecule has 8 heteroatoms. The van der Waals surface area contributed by atoms with Gasteiger partial charge in [-0.05, 0) is 47.8 Å². The minimum Gasteiger partial charge on any atom is -0.469 e. The molecule has 0 unspecified atom stereocenters. The summed E-state index contributed by atoms with van der Waals surface area (Å²) in [5.74, 6) is 0.368. The minimum atomic E-state index is -0.223. The zero-order chi connectivity index (χ0) is 18.7. The summed E-state index contributed by atoms with van der Waals surface area (Å²) in [4.78, 5) is 38.2. The van der Waals surface area contributed by atoms with Crippen LogP contribution in [0.25, 0.3) is 0 Å². The number of amides is 2. The maximum absolute atomic E-state index is 12.5. The molecule has 0 radical (unpaired) electrons. The second-order valence-corrected chi connectivity index (χ2v) is 7.25. The molecule has 2 amide bonds. The van der Waals surface area contributed by atoms with E-state index in [1.165, 1.54) is 16.9 Å². The highest BCUT2D eigenvalue weighted by Crippen LogP contribution is 2.17. The van der Waals surface area contributed by atoms with Crippen molar-refractivity contribution >= 4 is 27.7 Å². The predicted octanol–water partition coefficient (Wildman–Crippen LogP) is 1.93. The van der Waals surface area contributed by atoms with Gasteiger partial charge < -0.3 is 19.2 Å². The van der Waals surface area contributed by atoms with E-state index in [0.29, 0.717) is 37.3 Å². The molecule has 0 spiro atoms. The van der Waals surface area contributed by atoms with Crippen LogP contribution in [0.2, 0.25) is 0 Å². The summed E-state index contributed by atoms with van der Waals surface area (Å²) in [6.45, 7) is 2.90. The molecule has 3 heterocycles. The molecule has 0 bridgehead atoms. The third-order valence-electron chi connectivity index (χ3n) is 4.50. The summed E-state index contributed by atoms with van der Waals surface area (Å²) in [7, 11) is 0. The van der Waals surface area contributed by atoms with Gasteiger partial charge in [-0.1, -0.05) is 0 Å². The number of piperidine rings is 1. The summed E-state index contributed by atoms with van der Waals surface area (Å²) in [6, 6.07) is 4.74. The van der Waals surface area contributed by atoms with Crippen LogP contribution in [0.5, 0.6) is 0 Å². The molecule has 3 rings (SSSR count). The molecule has 0 atom stereocenters. The summed E-state index contributed by atoms with van der Waals surface area (Å²) >= 11 is 3.29. The summed E-state index contributed by atoms with van der Waals surface area (Å²) in [6.07, 6.45) is 4.47. The molecule has 1 aliphatic rings. The molecule has 1 N–H and O–H groups in total. The lowest BCUT2D eigenvalue weighted by molar-refractivity contribution is -0.122. The topological polar surface area (TPSA) is 84.6 Å². The number of rotatable bonds is 4. The Hall–Kier alpha value is -2.35. The van der Waals surface area contributed by atoms with E-state index >= 15 is 0 Å². The average molecular weight is 422 g/mol. The third-order valence-corrected chi connectivity index (χ3v) is 4.97. The van der Waals surface area contributed by atoms with Crippen molar-refractivity contribution in [3.8, 4) is 0 Å². The van der Waals surface area contributed by atoms with Gasteiger partial charge in [-0.3, -0.25) is 14.4 Å². The Bertz CT molecular complexity index is 865. The van der Waals surface area contributed by atoms with Gasteiger partial charge in [0.2, 0.25) is 5.91 Å².